The topological polar surface area (TPSA) is 86.8 Å². The highest BCUT2D eigenvalue weighted by atomic mass is 16.1. The summed E-state index contributed by atoms with van der Waals surface area (Å²) in [4.78, 5) is 30.1. The molecule has 1 aliphatic rings. The Labute approximate surface area is 123 Å². The Balaban J connectivity index is 1.77. The molecule has 3 rings (SSSR count). The SMILES string of the molecule is CCCNC(=O)C1CCCN(c2ncnc3nc[nH]c23)C1. The maximum Gasteiger partial charge on any atom is 0.224 e. The van der Waals surface area contributed by atoms with Gasteiger partial charge in [-0.3, -0.25) is 4.79 Å². The molecule has 21 heavy (non-hydrogen) atoms. The summed E-state index contributed by atoms with van der Waals surface area (Å²) < 4.78 is 0. The van der Waals surface area contributed by atoms with Crippen LogP contribution in [0.2, 0.25) is 0 Å². The van der Waals surface area contributed by atoms with E-state index in [1.165, 1.54) is 6.33 Å². The van der Waals surface area contributed by atoms with E-state index in [-0.39, 0.29) is 11.8 Å². The second-order valence-electron chi connectivity index (χ2n) is 5.37. The number of aromatic nitrogens is 4. The number of carbonyl (C=O) groups excluding carboxylic acids is 1. The normalized spacial score (nSPS) is 18.9. The average Bonchev–Trinajstić information content (AvgIpc) is 3.01. The molecule has 3 heterocycles. The molecule has 2 aromatic heterocycles. The lowest BCUT2D eigenvalue weighted by atomic mass is 9.97. The van der Waals surface area contributed by atoms with Gasteiger partial charge in [-0.2, -0.15) is 0 Å². The molecule has 1 fully saturated rings. The van der Waals surface area contributed by atoms with Crippen molar-refractivity contribution in [1.82, 2.24) is 25.3 Å². The van der Waals surface area contributed by atoms with E-state index < -0.39 is 0 Å². The Hall–Kier alpha value is -2.18. The number of hydrogen-bond donors (Lipinski definition) is 2. The third kappa shape index (κ3) is 2.81. The molecule has 7 heteroatoms. The molecule has 1 atom stereocenters. The van der Waals surface area contributed by atoms with Gasteiger partial charge in [-0.1, -0.05) is 6.92 Å². The maximum atomic E-state index is 12.2. The molecule has 2 N–H and O–H groups in total. The van der Waals surface area contributed by atoms with Crippen molar-refractivity contribution >= 4 is 22.9 Å². The van der Waals surface area contributed by atoms with Crippen LogP contribution in [0.15, 0.2) is 12.7 Å². The summed E-state index contributed by atoms with van der Waals surface area (Å²) in [6.07, 6.45) is 6.04. The first-order valence-corrected chi connectivity index (χ1v) is 7.46. The molecule has 1 amide bonds. The van der Waals surface area contributed by atoms with Crippen molar-refractivity contribution in [3.8, 4) is 0 Å². The van der Waals surface area contributed by atoms with Gasteiger partial charge in [0.1, 0.15) is 11.8 Å². The maximum absolute atomic E-state index is 12.2. The number of aromatic amines is 1. The summed E-state index contributed by atoms with van der Waals surface area (Å²) in [6.45, 7) is 4.40. The van der Waals surface area contributed by atoms with Crippen LogP contribution in [0.3, 0.4) is 0 Å². The van der Waals surface area contributed by atoms with Gasteiger partial charge < -0.3 is 15.2 Å². The van der Waals surface area contributed by atoms with Gasteiger partial charge in [0.25, 0.3) is 0 Å². The minimum absolute atomic E-state index is 0.0261. The zero-order chi connectivity index (χ0) is 14.7. The van der Waals surface area contributed by atoms with Gasteiger partial charge in [-0.05, 0) is 19.3 Å². The third-order valence-electron chi connectivity index (χ3n) is 3.84. The first kappa shape index (κ1) is 13.8. The van der Waals surface area contributed by atoms with Gasteiger partial charge in [0.05, 0.1) is 12.2 Å². The van der Waals surface area contributed by atoms with E-state index in [0.717, 1.165) is 43.7 Å². The summed E-state index contributed by atoms with van der Waals surface area (Å²) in [6, 6.07) is 0. The Kier molecular flexibility index (Phi) is 3.98. The highest BCUT2D eigenvalue weighted by molar-refractivity contribution is 5.84. The Morgan fingerprint density at radius 3 is 3.24 bits per heavy atom. The van der Waals surface area contributed by atoms with E-state index in [0.29, 0.717) is 12.2 Å². The molecular formula is C14H20N6O. The van der Waals surface area contributed by atoms with Gasteiger partial charge >= 0.3 is 0 Å². The molecule has 0 aliphatic carbocycles. The highest BCUT2D eigenvalue weighted by Crippen LogP contribution is 2.25. The van der Waals surface area contributed by atoms with Crippen LogP contribution in [0.5, 0.6) is 0 Å². The standard InChI is InChI=1S/C14H20N6O/c1-2-5-15-14(21)10-4-3-6-20(7-10)13-11-12(17-8-16-11)18-9-19-13/h8-10H,2-7H2,1H3,(H,15,21)(H,16,17,18,19). The number of carbonyl (C=O) groups is 1. The van der Waals surface area contributed by atoms with Crippen molar-refractivity contribution in [2.24, 2.45) is 5.92 Å². The number of fused-ring (bicyclic) bond motifs is 1. The lowest BCUT2D eigenvalue weighted by molar-refractivity contribution is -0.125. The van der Waals surface area contributed by atoms with E-state index in [1.807, 2.05) is 0 Å². The van der Waals surface area contributed by atoms with Crippen molar-refractivity contribution < 1.29 is 4.79 Å². The number of nitrogens with zero attached hydrogens (tertiary/aromatic N) is 4. The molecular weight excluding hydrogens is 268 g/mol. The largest absolute Gasteiger partial charge is 0.356 e. The monoisotopic (exact) mass is 288 g/mol. The zero-order valence-electron chi connectivity index (χ0n) is 12.2. The van der Waals surface area contributed by atoms with Gasteiger partial charge in [0, 0.05) is 19.6 Å². The lowest BCUT2D eigenvalue weighted by Gasteiger charge is -2.32. The second kappa shape index (κ2) is 6.07. The minimum atomic E-state index is 0.0261. The second-order valence-corrected chi connectivity index (χ2v) is 5.37. The van der Waals surface area contributed by atoms with Crippen LogP contribution in [-0.4, -0.2) is 45.5 Å². The summed E-state index contributed by atoms with van der Waals surface area (Å²) in [5.74, 6) is 1.01. The molecule has 1 unspecified atom stereocenters. The molecule has 0 bridgehead atoms. The Morgan fingerprint density at radius 1 is 1.48 bits per heavy atom. The van der Waals surface area contributed by atoms with Crippen molar-refractivity contribution in [2.45, 2.75) is 26.2 Å². The van der Waals surface area contributed by atoms with Crippen LogP contribution in [-0.2, 0) is 4.79 Å². The molecule has 0 saturated carbocycles. The van der Waals surface area contributed by atoms with Gasteiger partial charge in [-0.25, -0.2) is 15.0 Å². The first-order valence-electron chi connectivity index (χ1n) is 7.46. The van der Waals surface area contributed by atoms with Crippen LogP contribution in [0, 0.1) is 5.92 Å². The van der Waals surface area contributed by atoms with Gasteiger partial charge in [-0.15, -0.1) is 0 Å². The minimum Gasteiger partial charge on any atom is -0.356 e. The van der Waals surface area contributed by atoms with E-state index in [1.54, 1.807) is 6.33 Å². The van der Waals surface area contributed by atoms with Crippen LogP contribution < -0.4 is 10.2 Å². The number of nitrogens with one attached hydrogen (secondary N) is 2. The third-order valence-corrected chi connectivity index (χ3v) is 3.84. The quantitative estimate of drug-likeness (QED) is 0.879. The summed E-state index contributed by atoms with van der Waals surface area (Å²) in [7, 11) is 0. The van der Waals surface area contributed by atoms with E-state index in [9.17, 15) is 4.79 Å². The van der Waals surface area contributed by atoms with Crippen LogP contribution >= 0.6 is 0 Å². The summed E-state index contributed by atoms with van der Waals surface area (Å²) >= 11 is 0. The van der Waals surface area contributed by atoms with E-state index in [2.05, 4.69) is 37.1 Å². The van der Waals surface area contributed by atoms with Gasteiger partial charge in [0.2, 0.25) is 5.91 Å². The summed E-state index contributed by atoms with van der Waals surface area (Å²) in [5.41, 5.74) is 1.50. The fourth-order valence-electron chi connectivity index (χ4n) is 2.77. The zero-order valence-corrected chi connectivity index (χ0v) is 12.2. The molecule has 7 nitrogen and oxygen atoms in total. The molecule has 2 aromatic rings. The number of piperidine rings is 1. The Bertz CT molecular complexity index is 625. The van der Waals surface area contributed by atoms with Crippen molar-refractivity contribution in [3.63, 3.8) is 0 Å². The van der Waals surface area contributed by atoms with Crippen LogP contribution in [0.4, 0.5) is 5.82 Å². The fourth-order valence-corrected chi connectivity index (χ4v) is 2.77. The van der Waals surface area contributed by atoms with Crippen LogP contribution in [0.1, 0.15) is 26.2 Å². The smallest absolute Gasteiger partial charge is 0.224 e. The van der Waals surface area contributed by atoms with Crippen LogP contribution in [0.25, 0.3) is 11.2 Å². The number of imidazole rings is 1. The van der Waals surface area contributed by atoms with E-state index >= 15 is 0 Å². The van der Waals surface area contributed by atoms with Crippen molar-refractivity contribution in [1.29, 1.82) is 0 Å². The molecule has 1 saturated heterocycles. The molecule has 0 aromatic carbocycles. The first-order chi connectivity index (χ1) is 10.3. The van der Waals surface area contributed by atoms with Crippen molar-refractivity contribution in [2.75, 3.05) is 24.5 Å². The van der Waals surface area contributed by atoms with Crippen molar-refractivity contribution in [3.05, 3.63) is 12.7 Å². The molecule has 1 aliphatic heterocycles. The number of hydrogen-bond acceptors (Lipinski definition) is 5. The fraction of sp³-hybridized carbons (Fsp3) is 0.571. The average molecular weight is 288 g/mol. The highest BCUT2D eigenvalue weighted by Gasteiger charge is 2.27. The molecule has 0 spiro atoms. The number of H-pyrrole nitrogens is 1. The Morgan fingerprint density at radius 2 is 2.38 bits per heavy atom. The number of anilines is 1. The van der Waals surface area contributed by atoms with E-state index in [4.69, 9.17) is 0 Å². The van der Waals surface area contributed by atoms with Gasteiger partial charge in [0.15, 0.2) is 11.5 Å². The molecule has 112 valence electrons. The number of amides is 1. The lowest BCUT2D eigenvalue weighted by Crippen LogP contribution is -2.43. The predicted molar refractivity (Wildman–Crippen MR) is 79.9 cm³/mol. The predicted octanol–water partition coefficient (Wildman–Crippen LogP) is 1.10. The molecule has 0 radical (unpaired) electrons. The number of rotatable bonds is 4. The summed E-state index contributed by atoms with van der Waals surface area (Å²) in [5, 5.41) is 2.99.